The van der Waals surface area contributed by atoms with E-state index in [2.05, 4.69) is 10.2 Å². The first-order valence-electron chi connectivity index (χ1n) is 8.77. The third-order valence-electron chi connectivity index (χ3n) is 5.01. The number of amides is 1. The first-order valence-corrected chi connectivity index (χ1v) is 8.77. The molecule has 1 saturated heterocycles. The second-order valence-electron chi connectivity index (χ2n) is 6.60. The smallest absolute Gasteiger partial charge is 0.275 e. The summed E-state index contributed by atoms with van der Waals surface area (Å²) in [5.74, 6) is -0.0604. The van der Waals surface area contributed by atoms with E-state index in [4.69, 9.17) is 4.74 Å². The van der Waals surface area contributed by atoms with Gasteiger partial charge in [-0.25, -0.2) is 0 Å². The number of H-pyrrole nitrogens is 1. The number of Topliss-reactive ketones (excluding diaryl/α,β-unsaturated/α-hetero) is 1. The van der Waals surface area contributed by atoms with Crippen molar-refractivity contribution in [2.45, 2.75) is 31.7 Å². The maximum atomic E-state index is 13.0. The largest absolute Gasteiger partial charge is 0.377 e. The molecule has 1 unspecified atom stereocenters. The molecular weight excluding hydrogens is 318 g/mol. The van der Waals surface area contributed by atoms with E-state index < -0.39 is 0 Å². The zero-order valence-corrected chi connectivity index (χ0v) is 14.0. The van der Waals surface area contributed by atoms with Crippen LogP contribution in [0.5, 0.6) is 0 Å². The van der Waals surface area contributed by atoms with Gasteiger partial charge in [0.1, 0.15) is 0 Å². The van der Waals surface area contributed by atoms with Gasteiger partial charge in [-0.05, 0) is 19.3 Å². The molecule has 2 aliphatic rings. The summed E-state index contributed by atoms with van der Waals surface area (Å²) < 4.78 is 5.53. The van der Waals surface area contributed by atoms with Crippen LogP contribution in [0.4, 0.5) is 0 Å². The maximum absolute atomic E-state index is 13.0. The van der Waals surface area contributed by atoms with E-state index >= 15 is 0 Å². The van der Waals surface area contributed by atoms with Gasteiger partial charge >= 0.3 is 0 Å². The molecule has 4 rings (SSSR count). The molecule has 6 heteroatoms. The monoisotopic (exact) mass is 339 g/mol. The second kappa shape index (κ2) is 6.80. The van der Waals surface area contributed by atoms with Gasteiger partial charge in [-0.2, -0.15) is 5.10 Å². The molecule has 0 radical (unpaired) electrons. The number of ether oxygens (including phenoxy) is 1. The van der Waals surface area contributed by atoms with Gasteiger partial charge in [-0.15, -0.1) is 0 Å². The van der Waals surface area contributed by atoms with Gasteiger partial charge in [0.15, 0.2) is 11.5 Å². The number of ketones is 1. The quantitative estimate of drug-likeness (QED) is 0.865. The average molecular weight is 339 g/mol. The summed E-state index contributed by atoms with van der Waals surface area (Å²) in [4.78, 5) is 27.3. The lowest BCUT2D eigenvalue weighted by molar-refractivity contribution is -0.00316. The molecule has 1 fully saturated rings. The van der Waals surface area contributed by atoms with Crippen LogP contribution >= 0.6 is 0 Å². The van der Waals surface area contributed by atoms with Crippen molar-refractivity contribution < 1.29 is 14.3 Å². The fraction of sp³-hybridized carbons (Fsp3) is 0.421. The van der Waals surface area contributed by atoms with Crippen LogP contribution in [0.2, 0.25) is 0 Å². The molecule has 2 heterocycles. The van der Waals surface area contributed by atoms with E-state index in [1.165, 1.54) is 0 Å². The highest BCUT2D eigenvalue weighted by atomic mass is 16.5. The zero-order valence-electron chi connectivity index (χ0n) is 14.0. The molecule has 1 aromatic carbocycles. The van der Waals surface area contributed by atoms with Gasteiger partial charge in [0.2, 0.25) is 0 Å². The Morgan fingerprint density at radius 1 is 1.24 bits per heavy atom. The van der Waals surface area contributed by atoms with Gasteiger partial charge in [-0.3, -0.25) is 14.7 Å². The number of rotatable bonds is 4. The topological polar surface area (TPSA) is 75.3 Å². The Kier molecular flexibility index (Phi) is 4.36. The SMILES string of the molecule is O=C(CC1COCCN1C(=O)c1n[nH]c2c1CCC2)c1ccccc1. The number of fused-ring (bicyclic) bond motifs is 1. The fourth-order valence-electron chi connectivity index (χ4n) is 3.68. The van der Waals surface area contributed by atoms with Crippen molar-refractivity contribution in [1.29, 1.82) is 0 Å². The number of morpholine rings is 1. The molecule has 1 amide bonds. The van der Waals surface area contributed by atoms with Crippen molar-refractivity contribution in [2.24, 2.45) is 0 Å². The van der Waals surface area contributed by atoms with Crippen molar-refractivity contribution in [3.8, 4) is 0 Å². The number of carbonyl (C=O) groups is 2. The number of hydrogen-bond acceptors (Lipinski definition) is 4. The molecule has 2 aromatic rings. The van der Waals surface area contributed by atoms with Gasteiger partial charge in [0.25, 0.3) is 5.91 Å². The summed E-state index contributed by atoms with van der Waals surface area (Å²) in [5, 5.41) is 7.23. The van der Waals surface area contributed by atoms with Crippen molar-refractivity contribution in [3.63, 3.8) is 0 Å². The lowest BCUT2D eigenvalue weighted by Gasteiger charge is -2.35. The Bertz CT molecular complexity index is 784. The van der Waals surface area contributed by atoms with Crippen LogP contribution < -0.4 is 0 Å². The molecule has 130 valence electrons. The lowest BCUT2D eigenvalue weighted by Crippen LogP contribution is -2.49. The lowest BCUT2D eigenvalue weighted by atomic mass is 10.0. The highest BCUT2D eigenvalue weighted by Crippen LogP contribution is 2.25. The summed E-state index contributed by atoms with van der Waals surface area (Å²) in [6, 6.07) is 8.94. The Morgan fingerprint density at radius 2 is 2.08 bits per heavy atom. The Balaban J connectivity index is 1.52. The number of aromatic amines is 1. The maximum Gasteiger partial charge on any atom is 0.275 e. The van der Waals surface area contributed by atoms with Crippen LogP contribution in [0, 0.1) is 0 Å². The number of aryl methyl sites for hydroxylation is 1. The molecule has 1 aliphatic heterocycles. The Labute approximate surface area is 146 Å². The van der Waals surface area contributed by atoms with Crippen molar-refractivity contribution in [1.82, 2.24) is 15.1 Å². The fourth-order valence-corrected chi connectivity index (χ4v) is 3.68. The first kappa shape index (κ1) is 16.0. The minimum Gasteiger partial charge on any atom is -0.377 e. The standard InChI is InChI=1S/C19H21N3O3/c23-17(13-5-2-1-3-6-13)11-14-12-25-10-9-22(14)19(24)18-15-7-4-8-16(15)20-21-18/h1-3,5-6,14H,4,7-12H2,(H,20,21). The summed E-state index contributed by atoms with van der Waals surface area (Å²) in [6.45, 7) is 1.37. The Morgan fingerprint density at radius 3 is 2.92 bits per heavy atom. The van der Waals surface area contributed by atoms with Gasteiger partial charge in [0.05, 0.1) is 19.3 Å². The number of benzene rings is 1. The van der Waals surface area contributed by atoms with E-state index in [0.717, 1.165) is 30.5 Å². The number of carbonyl (C=O) groups excluding carboxylic acids is 2. The Hall–Kier alpha value is -2.47. The van der Waals surface area contributed by atoms with E-state index in [1.807, 2.05) is 18.2 Å². The summed E-state index contributed by atoms with van der Waals surface area (Å²) >= 11 is 0. The molecule has 1 aliphatic carbocycles. The third-order valence-corrected chi connectivity index (χ3v) is 5.01. The van der Waals surface area contributed by atoms with Crippen LogP contribution in [0.15, 0.2) is 30.3 Å². The molecular formula is C19H21N3O3. The average Bonchev–Trinajstić information content (AvgIpc) is 3.26. The van der Waals surface area contributed by atoms with Crippen LogP contribution in [-0.4, -0.2) is 52.6 Å². The third kappa shape index (κ3) is 3.09. The summed E-state index contributed by atoms with van der Waals surface area (Å²) in [5.41, 5.74) is 3.31. The van der Waals surface area contributed by atoms with Gasteiger partial charge < -0.3 is 9.64 Å². The zero-order chi connectivity index (χ0) is 17.2. The molecule has 1 atom stereocenters. The number of nitrogens with zero attached hydrogens (tertiary/aromatic N) is 2. The predicted molar refractivity (Wildman–Crippen MR) is 91.6 cm³/mol. The van der Waals surface area contributed by atoms with E-state index in [9.17, 15) is 9.59 Å². The summed E-state index contributed by atoms with van der Waals surface area (Å²) in [6.07, 6.45) is 3.17. The van der Waals surface area contributed by atoms with Crippen LogP contribution in [0.1, 0.15) is 44.9 Å². The molecule has 0 bridgehead atoms. The highest BCUT2D eigenvalue weighted by molar-refractivity contribution is 5.98. The molecule has 0 saturated carbocycles. The van der Waals surface area contributed by atoms with Crippen molar-refractivity contribution >= 4 is 11.7 Å². The minimum absolute atomic E-state index is 0.0288. The molecule has 6 nitrogen and oxygen atoms in total. The second-order valence-corrected chi connectivity index (χ2v) is 6.60. The van der Waals surface area contributed by atoms with Crippen molar-refractivity contribution in [2.75, 3.05) is 19.8 Å². The number of hydrogen-bond donors (Lipinski definition) is 1. The van der Waals surface area contributed by atoms with E-state index in [1.54, 1.807) is 17.0 Å². The van der Waals surface area contributed by atoms with Crippen LogP contribution in [-0.2, 0) is 17.6 Å². The number of aromatic nitrogens is 2. The summed E-state index contributed by atoms with van der Waals surface area (Å²) in [7, 11) is 0. The van der Waals surface area contributed by atoms with Crippen LogP contribution in [0.25, 0.3) is 0 Å². The normalized spacial score (nSPS) is 19.7. The van der Waals surface area contributed by atoms with E-state index in [0.29, 0.717) is 31.0 Å². The molecule has 25 heavy (non-hydrogen) atoms. The number of nitrogens with one attached hydrogen (secondary N) is 1. The predicted octanol–water partition coefficient (Wildman–Crippen LogP) is 2.01. The van der Waals surface area contributed by atoms with Gasteiger partial charge in [-0.1, -0.05) is 30.3 Å². The first-order chi connectivity index (χ1) is 12.2. The molecule has 0 spiro atoms. The highest BCUT2D eigenvalue weighted by Gasteiger charge is 2.33. The van der Waals surface area contributed by atoms with E-state index in [-0.39, 0.29) is 24.2 Å². The van der Waals surface area contributed by atoms with Gasteiger partial charge in [0, 0.05) is 29.8 Å². The molecule has 1 N–H and O–H groups in total. The van der Waals surface area contributed by atoms with Crippen LogP contribution in [0.3, 0.4) is 0 Å². The molecule has 1 aromatic heterocycles. The van der Waals surface area contributed by atoms with Crippen molar-refractivity contribution in [3.05, 3.63) is 52.8 Å². The minimum atomic E-state index is -0.247.